The summed E-state index contributed by atoms with van der Waals surface area (Å²) in [5.41, 5.74) is 2.20. The van der Waals surface area contributed by atoms with Gasteiger partial charge in [-0.3, -0.25) is 0 Å². The highest BCUT2D eigenvalue weighted by molar-refractivity contribution is 5.55. The van der Waals surface area contributed by atoms with Crippen molar-refractivity contribution in [2.45, 2.75) is 20.0 Å². The second-order valence-corrected chi connectivity index (χ2v) is 2.82. The van der Waals surface area contributed by atoms with Crippen LogP contribution in [0.5, 0.6) is 0 Å². The molecule has 0 saturated carbocycles. The van der Waals surface area contributed by atoms with Crippen LogP contribution in [0.25, 0.3) is 6.08 Å². The van der Waals surface area contributed by atoms with E-state index in [9.17, 15) is 0 Å². The van der Waals surface area contributed by atoms with Crippen LogP contribution < -0.4 is 0 Å². The molecule has 2 nitrogen and oxygen atoms in total. The van der Waals surface area contributed by atoms with Crippen molar-refractivity contribution in [1.82, 2.24) is 0 Å². The van der Waals surface area contributed by atoms with E-state index in [1.807, 2.05) is 37.3 Å². The Morgan fingerprint density at radius 3 is 2.71 bits per heavy atom. The fraction of sp³-hybridized carbons (Fsp3) is 0.250. The first-order chi connectivity index (χ1) is 6.86. The van der Waals surface area contributed by atoms with E-state index >= 15 is 0 Å². The molecule has 0 aliphatic heterocycles. The van der Waals surface area contributed by atoms with Crippen molar-refractivity contribution in [1.29, 1.82) is 0 Å². The normalized spacial score (nSPS) is 10.4. The van der Waals surface area contributed by atoms with Crippen molar-refractivity contribution in [2.24, 2.45) is 5.16 Å². The molecule has 1 aromatic rings. The van der Waals surface area contributed by atoms with E-state index in [0.29, 0.717) is 6.61 Å². The predicted molar refractivity (Wildman–Crippen MR) is 59.0 cm³/mol. The first-order valence-corrected chi connectivity index (χ1v) is 4.63. The Bertz CT molecular complexity index is 301. The van der Waals surface area contributed by atoms with Crippen LogP contribution in [0.3, 0.4) is 0 Å². The summed E-state index contributed by atoms with van der Waals surface area (Å²) >= 11 is 0. The lowest BCUT2D eigenvalue weighted by Crippen LogP contribution is -1.87. The number of hydrogen-bond acceptors (Lipinski definition) is 2. The number of nitrogens with zero attached hydrogens (tertiary/aromatic N) is 1. The molecular weight excluding hydrogens is 174 g/mol. The van der Waals surface area contributed by atoms with Gasteiger partial charge in [0.05, 0.1) is 0 Å². The monoisotopic (exact) mass is 188 g/mol. The average Bonchev–Trinajstić information content (AvgIpc) is 2.25. The van der Waals surface area contributed by atoms with Gasteiger partial charge in [-0.1, -0.05) is 49.0 Å². The van der Waals surface area contributed by atoms with E-state index in [1.165, 1.54) is 0 Å². The zero-order chi connectivity index (χ0) is 10.2. The van der Waals surface area contributed by atoms with Crippen molar-refractivity contribution < 1.29 is 4.84 Å². The Morgan fingerprint density at radius 2 is 2.14 bits per heavy atom. The highest BCUT2D eigenvalue weighted by Gasteiger charge is 1.91. The lowest BCUT2D eigenvalue weighted by Gasteiger charge is -1.99. The molecule has 14 heavy (non-hydrogen) atoms. The minimum Gasteiger partial charge on any atom is -0.391 e. The van der Waals surface area contributed by atoms with E-state index in [0.717, 1.165) is 17.5 Å². The summed E-state index contributed by atoms with van der Waals surface area (Å²) < 4.78 is 0. The lowest BCUT2D eigenvalue weighted by atomic mass is 10.1. The molecule has 0 unspecified atom stereocenters. The third-order valence-corrected chi connectivity index (χ3v) is 1.73. The first-order valence-electron chi connectivity index (χ1n) is 4.63. The molecule has 1 radical (unpaired) electrons. The number of benzene rings is 1. The molecule has 0 aromatic heterocycles. The summed E-state index contributed by atoms with van der Waals surface area (Å²) in [6.45, 7) is 6.14. The van der Waals surface area contributed by atoms with Crippen LogP contribution >= 0.6 is 0 Å². The topological polar surface area (TPSA) is 21.6 Å². The van der Waals surface area contributed by atoms with Gasteiger partial charge >= 0.3 is 0 Å². The SMILES string of the molecule is C=Cc1ccc(CO/N=[C]\CC)cc1. The zero-order valence-corrected chi connectivity index (χ0v) is 8.36. The van der Waals surface area contributed by atoms with Gasteiger partial charge in [0.2, 0.25) is 0 Å². The minimum atomic E-state index is 0.490. The molecule has 0 atom stereocenters. The van der Waals surface area contributed by atoms with E-state index in [4.69, 9.17) is 4.84 Å². The molecule has 0 aliphatic carbocycles. The summed E-state index contributed by atoms with van der Waals surface area (Å²) in [5.74, 6) is 0. The Balaban J connectivity index is 2.43. The summed E-state index contributed by atoms with van der Waals surface area (Å²) in [5, 5.41) is 3.66. The highest BCUT2D eigenvalue weighted by Crippen LogP contribution is 2.06. The Labute approximate surface area is 84.9 Å². The van der Waals surface area contributed by atoms with Crippen molar-refractivity contribution in [3.05, 3.63) is 42.0 Å². The smallest absolute Gasteiger partial charge is 0.142 e. The maximum absolute atomic E-state index is 5.02. The summed E-state index contributed by atoms with van der Waals surface area (Å²) in [6.07, 6.45) is 5.31. The molecule has 73 valence electrons. The molecule has 0 amide bonds. The molecule has 0 heterocycles. The average molecular weight is 188 g/mol. The van der Waals surface area contributed by atoms with E-state index in [1.54, 1.807) is 0 Å². The van der Waals surface area contributed by atoms with E-state index in [-0.39, 0.29) is 0 Å². The van der Waals surface area contributed by atoms with Crippen LogP contribution in [-0.4, -0.2) is 6.21 Å². The predicted octanol–water partition coefficient (Wildman–Crippen LogP) is 3.12. The van der Waals surface area contributed by atoms with Gasteiger partial charge in [0, 0.05) is 0 Å². The molecule has 2 heteroatoms. The molecule has 0 aliphatic rings. The largest absolute Gasteiger partial charge is 0.391 e. The van der Waals surface area contributed by atoms with E-state index in [2.05, 4.69) is 17.9 Å². The molecular formula is C12H14NO. The van der Waals surface area contributed by atoms with Gasteiger partial charge in [-0.05, 0) is 17.5 Å². The van der Waals surface area contributed by atoms with Gasteiger partial charge in [0.25, 0.3) is 0 Å². The first kappa shape index (κ1) is 10.5. The Morgan fingerprint density at radius 1 is 1.43 bits per heavy atom. The van der Waals surface area contributed by atoms with Crippen LogP contribution in [0.2, 0.25) is 0 Å². The zero-order valence-electron chi connectivity index (χ0n) is 8.36. The van der Waals surface area contributed by atoms with Crippen molar-refractivity contribution in [2.75, 3.05) is 0 Å². The summed E-state index contributed by atoms with van der Waals surface area (Å²) in [6, 6.07) is 7.99. The molecule has 0 bridgehead atoms. The number of rotatable bonds is 5. The van der Waals surface area contributed by atoms with Gasteiger partial charge in [-0.15, -0.1) is 0 Å². The third-order valence-electron chi connectivity index (χ3n) is 1.73. The number of hydrogen-bond donors (Lipinski definition) is 0. The molecule has 0 spiro atoms. The van der Waals surface area contributed by atoms with Crippen LogP contribution in [0.4, 0.5) is 0 Å². The Hall–Kier alpha value is -1.57. The maximum Gasteiger partial charge on any atom is 0.142 e. The summed E-state index contributed by atoms with van der Waals surface area (Å²) in [7, 11) is 0. The van der Waals surface area contributed by atoms with Gasteiger partial charge in [-0.25, -0.2) is 0 Å². The molecule has 1 aromatic carbocycles. The second-order valence-electron chi connectivity index (χ2n) is 2.82. The van der Waals surface area contributed by atoms with Gasteiger partial charge in [0.15, 0.2) is 0 Å². The van der Waals surface area contributed by atoms with E-state index < -0.39 is 0 Å². The van der Waals surface area contributed by atoms with Crippen LogP contribution in [0.1, 0.15) is 24.5 Å². The molecule has 1 rings (SSSR count). The highest BCUT2D eigenvalue weighted by atomic mass is 16.6. The second kappa shape index (κ2) is 5.97. The lowest BCUT2D eigenvalue weighted by molar-refractivity contribution is 0.131. The molecule has 0 saturated heterocycles. The van der Waals surface area contributed by atoms with Gasteiger partial charge < -0.3 is 4.84 Å². The molecule has 0 N–H and O–H groups in total. The van der Waals surface area contributed by atoms with Crippen molar-refractivity contribution in [3.8, 4) is 0 Å². The Kier molecular flexibility index (Phi) is 4.48. The van der Waals surface area contributed by atoms with Gasteiger partial charge in [0.1, 0.15) is 12.8 Å². The molecule has 0 fully saturated rings. The third kappa shape index (κ3) is 3.44. The minimum absolute atomic E-state index is 0.490. The van der Waals surface area contributed by atoms with Gasteiger partial charge in [-0.2, -0.15) is 0 Å². The van der Waals surface area contributed by atoms with Crippen molar-refractivity contribution in [3.63, 3.8) is 0 Å². The van der Waals surface area contributed by atoms with Crippen LogP contribution in [-0.2, 0) is 11.4 Å². The van der Waals surface area contributed by atoms with Crippen molar-refractivity contribution >= 4 is 12.3 Å². The fourth-order valence-corrected chi connectivity index (χ4v) is 0.967. The standard InChI is InChI=1S/C12H14NO/c1-3-9-13-14-10-12-7-5-11(4-2)6-8-12/h4-8H,2-3,10H2,1H3. The maximum atomic E-state index is 5.02. The van der Waals surface area contributed by atoms with Crippen LogP contribution in [0.15, 0.2) is 36.0 Å². The van der Waals surface area contributed by atoms with Crippen LogP contribution in [0, 0.1) is 0 Å². The summed E-state index contributed by atoms with van der Waals surface area (Å²) in [4.78, 5) is 5.02. The fourth-order valence-electron chi connectivity index (χ4n) is 0.967. The quantitative estimate of drug-likeness (QED) is 0.514.